The van der Waals surface area contributed by atoms with Crippen molar-refractivity contribution in [1.82, 2.24) is 14.5 Å². The molecule has 0 aliphatic carbocycles. The molecule has 0 atom stereocenters. The molecule has 2 aromatic heterocycles. The zero-order valence-electron chi connectivity index (χ0n) is 9.81. The second-order valence-electron chi connectivity index (χ2n) is 3.81. The number of rotatable bonds is 3. The Morgan fingerprint density at radius 2 is 2.32 bits per heavy atom. The molecule has 2 heterocycles. The largest absolute Gasteiger partial charge is 0.329 e. The lowest BCUT2D eigenvalue weighted by Crippen LogP contribution is -1.87. The Hall–Kier alpha value is -1.93. The Labute approximate surface area is 116 Å². The Morgan fingerprint density at radius 1 is 1.47 bits per heavy atom. The third kappa shape index (κ3) is 2.32. The van der Waals surface area contributed by atoms with Crippen LogP contribution in [0, 0.1) is 10.1 Å². The minimum atomic E-state index is -0.398. The van der Waals surface area contributed by atoms with Gasteiger partial charge in [0.25, 0.3) is 5.69 Å². The second kappa shape index (κ2) is 4.63. The summed E-state index contributed by atoms with van der Waals surface area (Å²) >= 11 is 2.88. The highest BCUT2D eigenvalue weighted by Crippen LogP contribution is 2.34. The maximum absolute atomic E-state index is 10.7. The van der Waals surface area contributed by atoms with Gasteiger partial charge in [0.1, 0.15) is 0 Å². The smallest absolute Gasteiger partial charge is 0.270 e. The number of thiazole rings is 1. The quantitative estimate of drug-likeness (QED) is 0.548. The van der Waals surface area contributed by atoms with Gasteiger partial charge in [0.15, 0.2) is 9.50 Å². The van der Waals surface area contributed by atoms with Crippen molar-refractivity contribution in [2.45, 2.75) is 9.50 Å². The van der Waals surface area contributed by atoms with Crippen LogP contribution in [0.1, 0.15) is 0 Å². The molecule has 6 nitrogen and oxygen atoms in total. The topological polar surface area (TPSA) is 73.8 Å². The number of non-ortho nitro benzene ring substituents is 1. The van der Waals surface area contributed by atoms with E-state index in [1.807, 2.05) is 17.8 Å². The van der Waals surface area contributed by atoms with Crippen LogP contribution in [0.2, 0.25) is 0 Å². The van der Waals surface area contributed by atoms with Gasteiger partial charge in [-0.3, -0.25) is 10.1 Å². The van der Waals surface area contributed by atoms with Gasteiger partial charge in [-0.25, -0.2) is 9.97 Å². The van der Waals surface area contributed by atoms with Crippen molar-refractivity contribution in [3.63, 3.8) is 0 Å². The van der Waals surface area contributed by atoms with Crippen molar-refractivity contribution >= 4 is 39.0 Å². The minimum Gasteiger partial charge on any atom is -0.329 e. The standard InChI is InChI=1S/C11H8N4O2S2/c1-14-5-4-12-10(14)19-11-13-8-3-2-7(15(16)17)6-9(8)18-11/h2-6H,1H3. The van der Waals surface area contributed by atoms with Gasteiger partial charge < -0.3 is 4.57 Å². The van der Waals surface area contributed by atoms with Crippen molar-refractivity contribution in [3.05, 3.63) is 40.7 Å². The molecule has 0 saturated heterocycles. The van der Waals surface area contributed by atoms with Gasteiger partial charge in [0, 0.05) is 31.6 Å². The van der Waals surface area contributed by atoms with Gasteiger partial charge in [0.05, 0.1) is 15.1 Å². The highest BCUT2D eigenvalue weighted by molar-refractivity contribution is 8.01. The lowest BCUT2D eigenvalue weighted by Gasteiger charge is -1.95. The first kappa shape index (κ1) is 12.1. The fraction of sp³-hybridized carbons (Fsp3) is 0.0909. The van der Waals surface area contributed by atoms with Gasteiger partial charge in [-0.15, -0.1) is 11.3 Å². The Bertz CT molecular complexity index is 765. The van der Waals surface area contributed by atoms with Gasteiger partial charge >= 0.3 is 0 Å². The van der Waals surface area contributed by atoms with E-state index >= 15 is 0 Å². The maximum Gasteiger partial charge on any atom is 0.270 e. The molecule has 0 aliphatic heterocycles. The molecule has 0 spiro atoms. The van der Waals surface area contributed by atoms with Crippen LogP contribution in [0.15, 0.2) is 40.1 Å². The summed E-state index contributed by atoms with van der Waals surface area (Å²) in [5.41, 5.74) is 0.858. The van der Waals surface area contributed by atoms with E-state index in [1.54, 1.807) is 18.3 Å². The zero-order valence-corrected chi connectivity index (χ0v) is 11.4. The number of benzene rings is 1. The van der Waals surface area contributed by atoms with Crippen LogP contribution >= 0.6 is 23.1 Å². The molecule has 96 valence electrons. The molecule has 3 rings (SSSR count). The summed E-state index contributed by atoms with van der Waals surface area (Å²) < 4.78 is 3.54. The molecule has 0 bridgehead atoms. The molecule has 0 radical (unpaired) electrons. The molecule has 1 aromatic carbocycles. The number of imidazole rings is 1. The average Bonchev–Trinajstić information content (AvgIpc) is 2.95. The van der Waals surface area contributed by atoms with Crippen molar-refractivity contribution in [2.75, 3.05) is 0 Å². The third-order valence-electron chi connectivity index (χ3n) is 2.52. The fourth-order valence-electron chi connectivity index (χ4n) is 1.58. The number of nitro benzene ring substituents is 1. The van der Waals surface area contributed by atoms with Crippen LogP contribution in [0.4, 0.5) is 5.69 Å². The highest BCUT2D eigenvalue weighted by atomic mass is 32.2. The van der Waals surface area contributed by atoms with Crippen LogP contribution in [0.3, 0.4) is 0 Å². The summed E-state index contributed by atoms with van der Waals surface area (Å²) in [6.07, 6.45) is 3.58. The molecular weight excluding hydrogens is 284 g/mol. The monoisotopic (exact) mass is 292 g/mol. The van der Waals surface area contributed by atoms with Gasteiger partial charge in [-0.05, 0) is 17.8 Å². The number of aromatic nitrogens is 3. The fourth-order valence-corrected chi connectivity index (χ4v) is 3.59. The van der Waals surface area contributed by atoms with E-state index in [9.17, 15) is 10.1 Å². The van der Waals surface area contributed by atoms with Gasteiger partial charge in [-0.1, -0.05) is 0 Å². The van der Waals surface area contributed by atoms with Crippen LogP contribution in [-0.2, 0) is 7.05 Å². The van der Waals surface area contributed by atoms with Crippen molar-refractivity contribution in [2.24, 2.45) is 7.05 Å². The van der Waals surface area contributed by atoms with Gasteiger partial charge in [-0.2, -0.15) is 0 Å². The van der Waals surface area contributed by atoms with Crippen LogP contribution in [-0.4, -0.2) is 19.5 Å². The first-order valence-electron chi connectivity index (χ1n) is 5.33. The molecule has 0 unspecified atom stereocenters. The molecular formula is C11H8N4O2S2. The maximum atomic E-state index is 10.7. The number of fused-ring (bicyclic) bond motifs is 1. The second-order valence-corrected chi connectivity index (χ2v) is 6.06. The first-order valence-corrected chi connectivity index (χ1v) is 6.97. The Morgan fingerprint density at radius 3 is 3.00 bits per heavy atom. The van der Waals surface area contributed by atoms with E-state index in [0.29, 0.717) is 0 Å². The molecule has 8 heteroatoms. The molecule has 3 aromatic rings. The van der Waals surface area contributed by atoms with Crippen molar-refractivity contribution in [1.29, 1.82) is 0 Å². The van der Waals surface area contributed by atoms with E-state index in [-0.39, 0.29) is 5.69 Å². The van der Waals surface area contributed by atoms with E-state index in [2.05, 4.69) is 9.97 Å². The van der Waals surface area contributed by atoms with Crippen molar-refractivity contribution in [3.8, 4) is 0 Å². The predicted octanol–water partition coefficient (Wildman–Crippen LogP) is 3.09. The number of hydrogen-bond acceptors (Lipinski definition) is 6. The third-order valence-corrected chi connectivity index (χ3v) is 4.67. The van der Waals surface area contributed by atoms with E-state index < -0.39 is 4.92 Å². The summed E-state index contributed by atoms with van der Waals surface area (Å²) in [4.78, 5) is 19.0. The van der Waals surface area contributed by atoms with E-state index in [1.165, 1.54) is 29.2 Å². The van der Waals surface area contributed by atoms with E-state index in [0.717, 1.165) is 19.7 Å². The van der Waals surface area contributed by atoms with Crippen LogP contribution < -0.4 is 0 Å². The molecule has 0 amide bonds. The number of nitrogens with zero attached hydrogens (tertiary/aromatic N) is 4. The Balaban J connectivity index is 1.97. The summed E-state index contributed by atoms with van der Waals surface area (Å²) in [5.74, 6) is 0. The number of nitro groups is 1. The SMILES string of the molecule is Cn1ccnc1Sc1nc2ccc([N+](=O)[O-])cc2s1. The van der Waals surface area contributed by atoms with Crippen LogP contribution in [0.25, 0.3) is 10.2 Å². The molecule has 0 fully saturated rings. The van der Waals surface area contributed by atoms with Crippen molar-refractivity contribution < 1.29 is 4.92 Å². The normalized spacial score (nSPS) is 11.0. The zero-order chi connectivity index (χ0) is 13.4. The van der Waals surface area contributed by atoms with Crippen LogP contribution in [0.5, 0.6) is 0 Å². The lowest BCUT2D eigenvalue weighted by atomic mass is 10.3. The molecule has 19 heavy (non-hydrogen) atoms. The molecule has 0 aliphatic rings. The summed E-state index contributed by atoms with van der Waals surface area (Å²) in [7, 11) is 1.91. The highest BCUT2D eigenvalue weighted by Gasteiger charge is 2.12. The average molecular weight is 292 g/mol. The number of hydrogen-bond donors (Lipinski definition) is 0. The lowest BCUT2D eigenvalue weighted by molar-refractivity contribution is -0.384. The molecule has 0 saturated carbocycles. The minimum absolute atomic E-state index is 0.0877. The summed E-state index contributed by atoms with van der Waals surface area (Å²) in [6.45, 7) is 0. The number of aryl methyl sites for hydroxylation is 1. The Kier molecular flexibility index (Phi) is 2.96. The van der Waals surface area contributed by atoms with E-state index in [4.69, 9.17) is 0 Å². The summed E-state index contributed by atoms with van der Waals surface area (Å²) in [6, 6.07) is 4.69. The predicted molar refractivity (Wildman–Crippen MR) is 73.6 cm³/mol. The molecule has 0 N–H and O–H groups in total. The van der Waals surface area contributed by atoms with Gasteiger partial charge in [0.2, 0.25) is 0 Å². The first-order chi connectivity index (χ1) is 9.13. The summed E-state index contributed by atoms with van der Waals surface area (Å²) in [5, 5.41) is 11.6.